The smallest absolute Gasteiger partial charge is 0.255 e. The molecule has 1 aromatic carbocycles. The molecular formula is C26H33N3O8. The maximum atomic E-state index is 13.8. The van der Waals surface area contributed by atoms with Crippen LogP contribution in [0.4, 0.5) is 0 Å². The normalized spacial score (nSPS) is 27.2. The van der Waals surface area contributed by atoms with E-state index in [0.717, 1.165) is 13.0 Å². The Morgan fingerprint density at radius 1 is 1.27 bits per heavy atom. The summed E-state index contributed by atoms with van der Waals surface area (Å²) >= 11 is 0. The fourth-order valence-corrected chi connectivity index (χ4v) is 6.14. The Bertz CT molecular complexity index is 1250. The van der Waals surface area contributed by atoms with Gasteiger partial charge in [0.05, 0.1) is 18.7 Å². The third-order valence-corrected chi connectivity index (χ3v) is 7.69. The van der Waals surface area contributed by atoms with Crippen LogP contribution in [0.25, 0.3) is 5.76 Å². The lowest BCUT2D eigenvalue weighted by atomic mass is 9.57. The molecule has 3 aliphatic carbocycles. The van der Waals surface area contributed by atoms with Crippen molar-refractivity contribution in [2.75, 3.05) is 27.7 Å². The molecule has 1 aromatic rings. The summed E-state index contributed by atoms with van der Waals surface area (Å²) < 4.78 is 5.66. The standard InChI is InChI=1S/C26H33N3O8/c1-5-6-28-10-12-9-15(30)17-13(22(12)37-4)7-11-8-14-19(29(2)3)21(32)18(25(27)35)24(34)26(14,36)23(33)16(11)20(17)31/h9,11,14,19,28,30-31,34,36H,5-8,10H2,1-4H3,(H2,27,35)/t11-,14-,19-,26-/m0/s1. The molecule has 200 valence electrons. The van der Waals surface area contributed by atoms with Gasteiger partial charge in [-0.15, -0.1) is 0 Å². The number of likely N-dealkylation sites (N-methyl/N-ethyl adjacent to an activating group) is 1. The molecular weight excluding hydrogens is 482 g/mol. The molecule has 0 unspecified atom stereocenters. The van der Waals surface area contributed by atoms with Gasteiger partial charge in [-0.05, 0) is 51.9 Å². The first kappa shape index (κ1) is 26.6. The highest BCUT2D eigenvalue weighted by Gasteiger charge is 2.64. The van der Waals surface area contributed by atoms with Gasteiger partial charge in [-0.25, -0.2) is 0 Å². The second-order valence-electron chi connectivity index (χ2n) is 10.1. The topological polar surface area (TPSA) is 183 Å². The molecule has 1 amide bonds. The zero-order valence-electron chi connectivity index (χ0n) is 21.3. The van der Waals surface area contributed by atoms with Crippen molar-refractivity contribution in [3.05, 3.63) is 39.7 Å². The zero-order chi connectivity index (χ0) is 27.4. The molecule has 11 nitrogen and oxygen atoms in total. The van der Waals surface area contributed by atoms with Crippen LogP contribution < -0.4 is 15.8 Å². The number of ether oxygens (including phenoxy) is 1. The lowest BCUT2D eigenvalue weighted by Gasteiger charge is -2.50. The Kier molecular flexibility index (Phi) is 6.82. The molecule has 37 heavy (non-hydrogen) atoms. The number of benzene rings is 1. The molecule has 0 spiro atoms. The molecule has 3 aliphatic rings. The van der Waals surface area contributed by atoms with Crippen LogP contribution in [0.1, 0.15) is 36.5 Å². The second-order valence-corrected chi connectivity index (χ2v) is 10.1. The van der Waals surface area contributed by atoms with Crippen molar-refractivity contribution in [1.29, 1.82) is 0 Å². The van der Waals surface area contributed by atoms with Gasteiger partial charge in [-0.3, -0.25) is 19.3 Å². The van der Waals surface area contributed by atoms with Gasteiger partial charge >= 0.3 is 0 Å². The number of hydrogen-bond acceptors (Lipinski definition) is 10. The van der Waals surface area contributed by atoms with E-state index in [2.05, 4.69) is 5.32 Å². The number of rotatable bonds is 7. The summed E-state index contributed by atoms with van der Waals surface area (Å²) in [5.41, 5.74) is 2.83. The van der Waals surface area contributed by atoms with E-state index in [1.54, 1.807) is 14.1 Å². The van der Waals surface area contributed by atoms with Gasteiger partial charge in [0.1, 0.15) is 28.6 Å². The number of amides is 1. The van der Waals surface area contributed by atoms with Crippen LogP contribution >= 0.6 is 0 Å². The molecule has 4 rings (SSSR count). The number of aromatic hydroxyl groups is 1. The van der Waals surface area contributed by atoms with Gasteiger partial charge < -0.3 is 36.2 Å². The summed E-state index contributed by atoms with van der Waals surface area (Å²) in [7, 11) is 4.60. The first-order chi connectivity index (χ1) is 17.4. The van der Waals surface area contributed by atoms with E-state index < -0.39 is 58.0 Å². The van der Waals surface area contributed by atoms with Crippen LogP contribution in [-0.2, 0) is 27.3 Å². The number of nitrogens with one attached hydrogen (secondary N) is 1. The van der Waals surface area contributed by atoms with Gasteiger partial charge in [0.15, 0.2) is 11.4 Å². The van der Waals surface area contributed by atoms with Crippen LogP contribution in [0.5, 0.6) is 11.5 Å². The quantitative estimate of drug-likeness (QED) is 0.220. The average Bonchev–Trinajstić information content (AvgIpc) is 2.81. The molecule has 0 bridgehead atoms. The number of aliphatic hydroxyl groups excluding tert-OH is 2. The van der Waals surface area contributed by atoms with Crippen molar-refractivity contribution in [2.24, 2.45) is 17.6 Å². The van der Waals surface area contributed by atoms with Gasteiger partial charge in [0, 0.05) is 29.2 Å². The molecule has 0 aliphatic heterocycles. The fourth-order valence-electron chi connectivity index (χ4n) is 6.14. The van der Waals surface area contributed by atoms with E-state index in [9.17, 15) is 34.8 Å². The van der Waals surface area contributed by atoms with Crippen LogP contribution in [0.2, 0.25) is 0 Å². The predicted octanol–water partition coefficient (Wildman–Crippen LogP) is 0.472. The van der Waals surface area contributed by atoms with Crippen molar-refractivity contribution in [1.82, 2.24) is 10.2 Å². The van der Waals surface area contributed by atoms with Crippen molar-refractivity contribution in [3.63, 3.8) is 0 Å². The number of primary amides is 1. The largest absolute Gasteiger partial charge is 0.508 e. The van der Waals surface area contributed by atoms with Gasteiger partial charge in [0.25, 0.3) is 5.91 Å². The summed E-state index contributed by atoms with van der Waals surface area (Å²) in [6.45, 7) is 3.18. The number of ketones is 2. The zero-order valence-corrected chi connectivity index (χ0v) is 21.3. The summed E-state index contributed by atoms with van der Waals surface area (Å²) in [6.07, 6.45) is 1.10. The number of hydrogen-bond donors (Lipinski definition) is 6. The first-order valence-corrected chi connectivity index (χ1v) is 12.2. The van der Waals surface area contributed by atoms with Crippen molar-refractivity contribution >= 4 is 23.2 Å². The number of nitrogens with zero attached hydrogens (tertiary/aromatic N) is 1. The molecule has 0 aromatic heterocycles. The maximum absolute atomic E-state index is 13.8. The lowest BCUT2D eigenvalue weighted by molar-refractivity contribution is -0.153. The fraction of sp³-hybridized carbons (Fsp3) is 0.500. The van der Waals surface area contributed by atoms with Crippen molar-refractivity contribution in [2.45, 2.75) is 44.4 Å². The highest BCUT2D eigenvalue weighted by molar-refractivity contribution is 6.24. The summed E-state index contributed by atoms with van der Waals surface area (Å²) in [6, 6.07) is 0.323. The number of phenols is 1. The minimum absolute atomic E-state index is 0.00683. The third-order valence-electron chi connectivity index (χ3n) is 7.69. The van der Waals surface area contributed by atoms with Gasteiger partial charge in [-0.2, -0.15) is 0 Å². The van der Waals surface area contributed by atoms with E-state index in [0.29, 0.717) is 23.4 Å². The van der Waals surface area contributed by atoms with E-state index >= 15 is 0 Å². The molecule has 0 radical (unpaired) electrons. The van der Waals surface area contributed by atoms with Crippen LogP contribution in [0, 0.1) is 11.8 Å². The molecule has 1 fully saturated rings. The second kappa shape index (κ2) is 9.47. The summed E-state index contributed by atoms with van der Waals surface area (Å²) in [5.74, 6) is -6.34. The SMILES string of the molecule is CCCNCc1cc(O)c2c(c1OC)C[C@H]1C[C@H]3[C@H](N(C)C)C(=O)C(C(N)=O)=C(O)[C@@]3(O)C(=O)C1=C2O. The molecule has 0 heterocycles. The van der Waals surface area contributed by atoms with E-state index in [1.807, 2.05) is 6.92 Å². The lowest BCUT2D eigenvalue weighted by Crippen LogP contribution is -2.65. The van der Waals surface area contributed by atoms with E-state index in [-0.39, 0.29) is 29.7 Å². The summed E-state index contributed by atoms with van der Waals surface area (Å²) in [4.78, 5) is 40.5. The highest BCUT2D eigenvalue weighted by atomic mass is 16.5. The Morgan fingerprint density at radius 2 is 1.95 bits per heavy atom. The molecule has 4 atom stereocenters. The van der Waals surface area contributed by atoms with Crippen LogP contribution in [-0.4, -0.2) is 82.2 Å². The number of methoxy groups -OCH3 is 1. The Morgan fingerprint density at radius 3 is 2.51 bits per heavy atom. The number of carbonyl (C=O) groups excluding carboxylic acids is 3. The van der Waals surface area contributed by atoms with Crippen molar-refractivity contribution in [3.8, 4) is 11.5 Å². The Labute approximate surface area is 214 Å². The van der Waals surface area contributed by atoms with Crippen LogP contribution in [0.15, 0.2) is 23.0 Å². The van der Waals surface area contributed by atoms with Crippen LogP contribution in [0.3, 0.4) is 0 Å². The minimum atomic E-state index is -2.66. The Hall–Kier alpha value is -3.41. The van der Waals surface area contributed by atoms with Gasteiger partial charge in [0.2, 0.25) is 5.78 Å². The summed E-state index contributed by atoms with van der Waals surface area (Å²) in [5, 5.41) is 47.9. The van der Waals surface area contributed by atoms with Crippen molar-refractivity contribution < 1.29 is 39.5 Å². The van der Waals surface area contributed by atoms with E-state index in [1.165, 1.54) is 18.1 Å². The number of fused-ring (bicyclic) bond motifs is 3. The number of nitrogens with two attached hydrogens (primary N) is 1. The average molecular weight is 516 g/mol. The Balaban J connectivity index is 1.92. The predicted molar refractivity (Wildman–Crippen MR) is 133 cm³/mol. The monoisotopic (exact) mass is 515 g/mol. The van der Waals surface area contributed by atoms with E-state index in [4.69, 9.17) is 10.5 Å². The minimum Gasteiger partial charge on any atom is -0.508 e. The number of phenolic OH excluding ortho intramolecular Hbond substituents is 1. The third kappa shape index (κ3) is 3.80. The highest BCUT2D eigenvalue weighted by Crippen LogP contribution is 2.54. The van der Waals surface area contributed by atoms with Gasteiger partial charge in [-0.1, -0.05) is 6.92 Å². The number of carbonyl (C=O) groups is 3. The molecule has 1 saturated carbocycles. The molecule has 0 saturated heterocycles. The molecule has 7 N–H and O–H groups in total. The maximum Gasteiger partial charge on any atom is 0.255 e. The first-order valence-electron chi connectivity index (χ1n) is 12.2. The number of aliphatic hydroxyl groups is 3. The number of Topliss-reactive ketones (excluding diaryl/α,β-unsaturated/α-hetero) is 2. The molecule has 11 heteroatoms.